The van der Waals surface area contributed by atoms with Crippen LogP contribution < -0.4 is 9.46 Å². The molecule has 1 aromatic heterocycles. The smallest absolute Gasteiger partial charge is 0.263 e. The van der Waals surface area contributed by atoms with Gasteiger partial charge in [0.2, 0.25) is 10.0 Å². The number of rotatable bonds is 7. The molecule has 0 radical (unpaired) electrons. The highest BCUT2D eigenvalue weighted by molar-refractivity contribution is 7.91. The molecule has 1 unspecified atom stereocenters. The van der Waals surface area contributed by atoms with Crippen LogP contribution in [0, 0.1) is 0 Å². The third kappa shape index (κ3) is 5.58. The van der Waals surface area contributed by atoms with Crippen molar-refractivity contribution in [3.05, 3.63) is 47.3 Å². The lowest BCUT2D eigenvalue weighted by molar-refractivity contribution is -0.139. The van der Waals surface area contributed by atoms with Gasteiger partial charge in [0.1, 0.15) is 9.96 Å². The molecule has 8 heteroatoms. The lowest BCUT2D eigenvalue weighted by Gasteiger charge is -2.33. The number of likely N-dealkylation sites (tertiary alicyclic amines) is 1. The molecule has 29 heavy (non-hydrogen) atoms. The summed E-state index contributed by atoms with van der Waals surface area (Å²) < 4.78 is 33.7. The molecule has 1 amide bonds. The van der Waals surface area contributed by atoms with E-state index in [1.165, 1.54) is 16.9 Å². The molecule has 0 bridgehead atoms. The molecule has 1 fully saturated rings. The van der Waals surface area contributed by atoms with Gasteiger partial charge in [-0.2, -0.15) is 0 Å². The lowest BCUT2D eigenvalue weighted by Crippen LogP contribution is -2.49. The van der Waals surface area contributed by atoms with Gasteiger partial charge in [-0.3, -0.25) is 4.79 Å². The summed E-state index contributed by atoms with van der Waals surface area (Å²) in [7, 11) is -3.48. The summed E-state index contributed by atoms with van der Waals surface area (Å²) in [5.41, 5.74) is 1.17. The number of hydrogen-bond donors (Lipinski definition) is 1. The summed E-state index contributed by atoms with van der Waals surface area (Å²) in [6.07, 6.45) is 0.592. The number of nitrogens with zero attached hydrogens (tertiary/aromatic N) is 1. The number of hydrogen-bond acceptors (Lipinski definition) is 5. The largest absolute Gasteiger partial charge is 0.481 e. The predicted molar refractivity (Wildman–Crippen MR) is 115 cm³/mol. The summed E-state index contributed by atoms with van der Waals surface area (Å²) >= 11 is 1.20. The van der Waals surface area contributed by atoms with Crippen LogP contribution in [0.1, 0.15) is 45.1 Å². The summed E-state index contributed by atoms with van der Waals surface area (Å²) in [4.78, 5) is 14.5. The highest BCUT2D eigenvalue weighted by Gasteiger charge is 2.29. The Hall–Kier alpha value is -1.90. The van der Waals surface area contributed by atoms with Crippen LogP contribution in [0.5, 0.6) is 5.75 Å². The molecule has 0 aliphatic carbocycles. The minimum absolute atomic E-state index is 0.0699. The van der Waals surface area contributed by atoms with E-state index in [-0.39, 0.29) is 11.9 Å². The van der Waals surface area contributed by atoms with E-state index in [4.69, 9.17) is 4.74 Å². The van der Waals surface area contributed by atoms with Gasteiger partial charge in [-0.25, -0.2) is 13.1 Å². The average molecular weight is 437 g/mol. The van der Waals surface area contributed by atoms with E-state index in [1.54, 1.807) is 29.3 Å². The van der Waals surface area contributed by atoms with Crippen LogP contribution in [0.15, 0.2) is 46.0 Å². The van der Waals surface area contributed by atoms with Crippen LogP contribution in [-0.4, -0.2) is 44.5 Å². The van der Waals surface area contributed by atoms with Gasteiger partial charge in [0, 0.05) is 19.1 Å². The number of sulfonamides is 1. The number of thiophene rings is 1. The van der Waals surface area contributed by atoms with Crippen molar-refractivity contribution >= 4 is 27.3 Å². The molecule has 1 atom stereocenters. The molecule has 1 aliphatic heterocycles. The van der Waals surface area contributed by atoms with Crippen molar-refractivity contribution in [1.82, 2.24) is 9.62 Å². The van der Waals surface area contributed by atoms with Crippen molar-refractivity contribution in [2.45, 2.75) is 55.9 Å². The first kappa shape index (κ1) is 21.8. The summed E-state index contributed by atoms with van der Waals surface area (Å²) in [5.74, 6) is 1.01. The van der Waals surface area contributed by atoms with E-state index in [2.05, 4.69) is 18.6 Å². The fraction of sp³-hybridized carbons (Fsp3) is 0.476. The van der Waals surface area contributed by atoms with Crippen LogP contribution in [0.25, 0.3) is 0 Å². The van der Waals surface area contributed by atoms with E-state index in [0.717, 1.165) is 0 Å². The molecular formula is C21H28N2O4S2. The standard InChI is InChI=1S/C21H28N2O4S2/c1-15(2)17-6-4-7-19(14-17)27-16(3)21(24)23-11-9-18(10-12-23)22-29(25,26)20-8-5-13-28-20/h4-8,13-16,18,22H,9-12H2,1-3H3. The van der Waals surface area contributed by atoms with Gasteiger partial charge >= 0.3 is 0 Å². The average Bonchev–Trinajstić information content (AvgIpc) is 3.24. The Bertz CT molecular complexity index is 918. The molecule has 2 aromatic rings. The number of carbonyl (C=O) groups is 1. The Labute approximate surface area is 176 Å². The second-order valence-electron chi connectivity index (χ2n) is 7.64. The van der Waals surface area contributed by atoms with Crippen LogP contribution >= 0.6 is 11.3 Å². The number of carbonyl (C=O) groups excluding carboxylic acids is 1. The number of amides is 1. The van der Waals surface area contributed by atoms with E-state index >= 15 is 0 Å². The van der Waals surface area contributed by atoms with Crippen molar-refractivity contribution < 1.29 is 17.9 Å². The topological polar surface area (TPSA) is 75.7 Å². The molecule has 2 heterocycles. The number of ether oxygens (including phenoxy) is 1. The zero-order valence-electron chi connectivity index (χ0n) is 17.0. The maximum atomic E-state index is 12.8. The van der Waals surface area contributed by atoms with E-state index < -0.39 is 16.1 Å². The Morgan fingerprint density at radius 3 is 2.52 bits per heavy atom. The molecular weight excluding hydrogens is 408 g/mol. The predicted octanol–water partition coefficient (Wildman–Crippen LogP) is 3.61. The van der Waals surface area contributed by atoms with Gasteiger partial charge in [-0.05, 0) is 54.8 Å². The first-order valence-electron chi connectivity index (χ1n) is 9.87. The molecule has 158 valence electrons. The number of nitrogens with one attached hydrogen (secondary N) is 1. The van der Waals surface area contributed by atoms with E-state index in [1.807, 2.05) is 24.3 Å². The first-order chi connectivity index (χ1) is 13.8. The van der Waals surface area contributed by atoms with E-state index in [0.29, 0.717) is 41.8 Å². The Kier molecular flexibility index (Phi) is 6.97. The summed E-state index contributed by atoms with van der Waals surface area (Å²) in [6, 6.07) is 11.0. The fourth-order valence-electron chi connectivity index (χ4n) is 3.37. The molecule has 3 rings (SSSR count). The second kappa shape index (κ2) is 9.28. The zero-order chi connectivity index (χ0) is 21.0. The minimum Gasteiger partial charge on any atom is -0.481 e. The molecule has 1 aromatic carbocycles. The maximum Gasteiger partial charge on any atom is 0.263 e. The van der Waals surface area contributed by atoms with Gasteiger partial charge in [0.15, 0.2) is 6.10 Å². The van der Waals surface area contributed by atoms with Crippen LogP contribution in [-0.2, 0) is 14.8 Å². The SMILES string of the molecule is CC(Oc1cccc(C(C)C)c1)C(=O)N1CCC(NS(=O)(=O)c2cccs2)CC1. The minimum atomic E-state index is -3.48. The monoisotopic (exact) mass is 436 g/mol. The molecule has 1 saturated heterocycles. The Morgan fingerprint density at radius 1 is 1.17 bits per heavy atom. The first-order valence-corrected chi connectivity index (χ1v) is 12.2. The maximum absolute atomic E-state index is 12.8. The van der Waals surface area contributed by atoms with Crippen LogP contribution in [0.2, 0.25) is 0 Å². The van der Waals surface area contributed by atoms with E-state index in [9.17, 15) is 13.2 Å². The molecule has 0 saturated carbocycles. The Balaban J connectivity index is 1.52. The third-order valence-corrected chi connectivity index (χ3v) is 7.99. The normalized spacial score (nSPS) is 16.8. The number of benzene rings is 1. The van der Waals surface area contributed by atoms with Crippen LogP contribution in [0.3, 0.4) is 0 Å². The zero-order valence-corrected chi connectivity index (χ0v) is 18.6. The molecule has 0 spiro atoms. The van der Waals surface area contributed by atoms with Gasteiger partial charge in [0.25, 0.3) is 5.91 Å². The highest BCUT2D eigenvalue weighted by Crippen LogP contribution is 2.22. The van der Waals surface area contributed by atoms with Gasteiger partial charge in [0.05, 0.1) is 0 Å². The van der Waals surface area contributed by atoms with Crippen molar-refractivity contribution in [2.75, 3.05) is 13.1 Å². The highest BCUT2D eigenvalue weighted by atomic mass is 32.2. The number of piperidine rings is 1. The lowest BCUT2D eigenvalue weighted by atomic mass is 10.0. The van der Waals surface area contributed by atoms with Crippen LogP contribution in [0.4, 0.5) is 0 Å². The van der Waals surface area contributed by atoms with Crippen molar-refractivity contribution in [2.24, 2.45) is 0 Å². The quantitative estimate of drug-likeness (QED) is 0.719. The van der Waals surface area contributed by atoms with Crippen molar-refractivity contribution in [1.29, 1.82) is 0 Å². The molecule has 6 nitrogen and oxygen atoms in total. The molecule has 1 N–H and O–H groups in total. The van der Waals surface area contributed by atoms with Gasteiger partial charge in [-0.1, -0.05) is 32.0 Å². The Morgan fingerprint density at radius 2 is 1.90 bits per heavy atom. The van der Waals surface area contributed by atoms with Gasteiger partial charge in [-0.15, -0.1) is 11.3 Å². The third-order valence-electron chi connectivity index (χ3n) is 5.07. The second-order valence-corrected chi connectivity index (χ2v) is 10.5. The molecule has 1 aliphatic rings. The summed E-state index contributed by atoms with van der Waals surface area (Å²) in [6.45, 7) is 7.01. The van der Waals surface area contributed by atoms with Crippen molar-refractivity contribution in [3.63, 3.8) is 0 Å². The van der Waals surface area contributed by atoms with Gasteiger partial charge < -0.3 is 9.64 Å². The summed E-state index contributed by atoms with van der Waals surface area (Å²) in [5, 5.41) is 1.74. The van der Waals surface area contributed by atoms with Crippen molar-refractivity contribution in [3.8, 4) is 5.75 Å². The fourth-order valence-corrected chi connectivity index (χ4v) is 5.68.